The summed E-state index contributed by atoms with van der Waals surface area (Å²) in [6, 6.07) is 14.1. The van der Waals surface area contributed by atoms with Gasteiger partial charge in [0.15, 0.2) is 11.0 Å². The summed E-state index contributed by atoms with van der Waals surface area (Å²) in [4.78, 5) is 19.4. The molecule has 4 rings (SSSR count). The van der Waals surface area contributed by atoms with E-state index in [0.717, 1.165) is 35.2 Å². The Kier molecular flexibility index (Phi) is 6.70. The summed E-state index contributed by atoms with van der Waals surface area (Å²) >= 11 is 1.49. The highest BCUT2D eigenvalue weighted by molar-refractivity contribution is 8.00. The molecule has 1 saturated heterocycles. The lowest BCUT2D eigenvalue weighted by Gasteiger charge is -2.36. The molecular weight excluding hydrogens is 406 g/mol. The van der Waals surface area contributed by atoms with Crippen LogP contribution >= 0.6 is 11.8 Å². The first-order chi connectivity index (χ1) is 15.0. The van der Waals surface area contributed by atoms with Crippen molar-refractivity contribution in [1.29, 1.82) is 0 Å². The molecule has 0 bridgehead atoms. The van der Waals surface area contributed by atoms with E-state index in [9.17, 15) is 4.79 Å². The number of likely N-dealkylation sites (tertiary alicyclic amines) is 1. The van der Waals surface area contributed by atoms with Crippen LogP contribution in [0.1, 0.15) is 32.8 Å². The van der Waals surface area contributed by atoms with Crippen molar-refractivity contribution in [1.82, 2.24) is 24.6 Å². The standard InChI is InChI=1S/C24H29N5OS/c1-17-12-18(2)15-28(14-17)23(30)19(3)31-24-27-26-22(21-10-7-11-25-13-21)29(24)16-20-8-5-4-6-9-20/h4-11,13,17-19H,12,14-16H2,1-3H3. The summed E-state index contributed by atoms with van der Waals surface area (Å²) in [5.41, 5.74) is 2.07. The Bertz CT molecular complexity index is 997. The second kappa shape index (κ2) is 9.64. The number of amides is 1. The minimum atomic E-state index is -0.224. The van der Waals surface area contributed by atoms with Gasteiger partial charge in [-0.05, 0) is 42.9 Å². The highest BCUT2D eigenvalue weighted by atomic mass is 32.2. The molecule has 0 N–H and O–H groups in total. The molecule has 3 atom stereocenters. The van der Waals surface area contributed by atoms with E-state index < -0.39 is 0 Å². The predicted octanol–water partition coefficient (Wildman–Crippen LogP) is 4.37. The van der Waals surface area contributed by atoms with E-state index in [1.807, 2.05) is 42.2 Å². The van der Waals surface area contributed by atoms with Crippen LogP contribution in [-0.4, -0.2) is 48.9 Å². The molecule has 2 aromatic heterocycles. The second-order valence-electron chi connectivity index (χ2n) is 8.57. The zero-order valence-electron chi connectivity index (χ0n) is 18.3. The van der Waals surface area contributed by atoms with Crippen LogP contribution in [0.5, 0.6) is 0 Å². The molecule has 7 heteroatoms. The third-order valence-corrected chi connectivity index (χ3v) is 6.70. The first-order valence-electron chi connectivity index (χ1n) is 10.8. The van der Waals surface area contributed by atoms with E-state index in [2.05, 4.69) is 45.7 Å². The number of pyridine rings is 1. The van der Waals surface area contributed by atoms with Crippen molar-refractivity contribution in [2.45, 2.75) is 44.1 Å². The molecule has 0 aliphatic carbocycles. The Labute approximate surface area is 188 Å². The van der Waals surface area contributed by atoms with Gasteiger partial charge in [-0.25, -0.2) is 0 Å². The van der Waals surface area contributed by atoms with Crippen LogP contribution in [0.4, 0.5) is 0 Å². The van der Waals surface area contributed by atoms with Gasteiger partial charge in [0.1, 0.15) is 0 Å². The van der Waals surface area contributed by atoms with Gasteiger partial charge in [-0.1, -0.05) is 55.9 Å². The Balaban J connectivity index is 1.58. The maximum absolute atomic E-state index is 13.2. The van der Waals surface area contributed by atoms with Crippen LogP contribution in [-0.2, 0) is 11.3 Å². The van der Waals surface area contributed by atoms with Gasteiger partial charge < -0.3 is 4.90 Å². The Morgan fingerprint density at radius 1 is 1.10 bits per heavy atom. The number of carbonyl (C=O) groups excluding carboxylic acids is 1. The van der Waals surface area contributed by atoms with Gasteiger partial charge in [-0.2, -0.15) is 0 Å². The SMILES string of the molecule is CC1CC(C)CN(C(=O)C(C)Sc2nnc(-c3cccnc3)n2Cc2ccccc2)C1. The van der Waals surface area contributed by atoms with Gasteiger partial charge in [-0.3, -0.25) is 14.3 Å². The molecule has 1 aliphatic rings. The van der Waals surface area contributed by atoms with Crippen molar-refractivity contribution in [3.63, 3.8) is 0 Å². The molecule has 31 heavy (non-hydrogen) atoms. The molecule has 0 saturated carbocycles. The van der Waals surface area contributed by atoms with Crippen molar-refractivity contribution in [2.24, 2.45) is 11.8 Å². The molecule has 1 fully saturated rings. The zero-order valence-corrected chi connectivity index (χ0v) is 19.1. The number of benzene rings is 1. The molecule has 0 radical (unpaired) electrons. The third kappa shape index (κ3) is 5.15. The molecular formula is C24H29N5OS. The van der Waals surface area contributed by atoms with E-state index in [4.69, 9.17) is 0 Å². The summed E-state index contributed by atoms with van der Waals surface area (Å²) in [7, 11) is 0. The second-order valence-corrected chi connectivity index (χ2v) is 9.88. The summed E-state index contributed by atoms with van der Waals surface area (Å²) < 4.78 is 2.09. The monoisotopic (exact) mass is 435 g/mol. The minimum Gasteiger partial charge on any atom is -0.341 e. The van der Waals surface area contributed by atoms with Crippen molar-refractivity contribution in [2.75, 3.05) is 13.1 Å². The molecule has 1 amide bonds. The van der Waals surface area contributed by atoms with Gasteiger partial charge in [0.05, 0.1) is 11.8 Å². The Morgan fingerprint density at radius 2 is 1.84 bits per heavy atom. The van der Waals surface area contributed by atoms with E-state index in [1.165, 1.54) is 18.2 Å². The molecule has 1 aliphatic heterocycles. The van der Waals surface area contributed by atoms with E-state index in [-0.39, 0.29) is 11.2 Å². The Morgan fingerprint density at radius 3 is 2.52 bits per heavy atom. The molecule has 6 nitrogen and oxygen atoms in total. The smallest absolute Gasteiger partial charge is 0.235 e. The first-order valence-corrected chi connectivity index (χ1v) is 11.7. The maximum Gasteiger partial charge on any atom is 0.235 e. The summed E-state index contributed by atoms with van der Waals surface area (Å²) in [5, 5.41) is 9.45. The number of thioether (sulfide) groups is 1. The number of aromatic nitrogens is 4. The van der Waals surface area contributed by atoms with Gasteiger partial charge in [0.2, 0.25) is 5.91 Å². The van der Waals surface area contributed by atoms with E-state index >= 15 is 0 Å². The fraction of sp³-hybridized carbons (Fsp3) is 0.417. The van der Waals surface area contributed by atoms with Gasteiger partial charge >= 0.3 is 0 Å². The van der Waals surface area contributed by atoms with E-state index in [1.54, 1.807) is 12.4 Å². The van der Waals surface area contributed by atoms with Crippen molar-refractivity contribution < 1.29 is 4.79 Å². The molecule has 3 aromatic rings. The highest BCUT2D eigenvalue weighted by Crippen LogP contribution is 2.30. The number of carbonyl (C=O) groups is 1. The van der Waals surface area contributed by atoms with Crippen LogP contribution in [0.25, 0.3) is 11.4 Å². The quantitative estimate of drug-likeness (QED) is 0.538. The zero-order chi connectivity index (χ0) is 21.8. The largest absolute Gasteiger partial charge is 0.341 e. The lowest BCUT2D eigenvalue weighted by atomic mass is 9.92. The van der Waals surface area contributed by atoms with Gasteiger partial charge in [0, 0.05) is 31.0 Å². The minimum absolute atomic E-state index is 0.181. The molecule has 1 aromatic carbocycles. The fourth-order valence-electron chi connectivity index (χ4n) is 4.30. The predicted molar refractivity (Wildman–Crippen MR) is 124 cm³/mol. The number of nitrogens with zero attached hydrogens (tertiary/aromatic N) is 5. The van der Waals surface area contributed by atoms with Crippen LogP contribution < -0.4 is 0 Å². The first kappa shape index (κ1) is 21.6. The van der Waals surface area contributed by atoms with Crippen molar-refractivity contribution in [3.8, 4) is 11.4 Å². The highest BCUT2D eigenvalue weighted by Gasteiger charge is 2.30. The lowest BCUT2D eigenvalue weighted by molar-refractivity contribution is -0.132. The van der Waals surface area contributed by atoms with Crippen LogP contribution in [0.3, 0.4) is 0 Å². The summed E-state index contributed by atoms with van der Waals surface area (Å²) in [5.74, 6) is 2.03. The van der Waals surface area contributed by atoms with Crippen LogP contribution in [0.2, 0.25) is 0 Å². The Hall–Kier alpha value is -2.67. The number of piperidine rings is 1. The number of rotatable bonds is 6. The molecule has 0 spiro atoms. The summed E-state index contributed by atoms with van der Waals surface area (Å²) in [6.07, 6.45) is 4.73. The fourth-order valence-corrected chi connectivity index (χ4v) is 5.23. The lowest BCUT2D eigenvalue weighted by Crippen LogP contribution is -2.45. The van der Waals surface area contributed by atoms with E-state index in [0.29, 0.717) is 18.4 Å². The molecule has 162 valence electrons. The maximum atomic E-state index is 13.2. The number of hydrogen-bond acceptors (Lipinski definition) is 5. The molecule has 3 unspecified atom stereocenters. The van der Waals surface area contributed by atoms with Crippen LogP contribution in [0, 0.1) is 11.8 Å². The summed E-state index contributed by atoms with van der Waals surface area (Å²) in [6.45, 7) is 8.74. The normalized spacial score (nSPS) is 19.9. The topological polar surface area (TPSA) is 63.9 Å². The van der Waals surface area contributed by atoms with Crippen molar-refractivity contribution >= 4 is 17.7 Å². The average molecular weight is 436 g/mol. The third-order valence-electron chi connectivity index (χ3n) is 5.63. The van der Waals surface area contributed by atoms with Crippen LogP contribution in [0.15, 0.2) is 60.0 Å². The van der Waals surface area contributed by atoms with Gasteiger partial charge in [0.25, 0.3) is 0 Å². The van der Waals surface area contributed by atoms with Gasteiger partial charge in [-0.15, -0.1) is 10.2 Å². The van der Waals surface area contributed by atoms with Crippen molar-refractivity contribution in [3.05, 3.63) is 60.4 Å². The average Bonchev–Trinajstić information content (AvgIpc) is 3.15. The molecule has 3 heterocycles. The number of hydrogen-bond donors (Lipinski definition) is 0.